The summed E-state index contributed by atoms with van der Waals surface area (Å²) in [6.07, 6.45) is 2.10. The molecule has 116 valence electrons. The summed E-state index contributed by atoms with van der Waals surface area (Å²) in [4.78, 5) is 0. The average molecular weight is 309 g/mol. The van der Waals surface area contributed by atoms with Crippen molar-refractivity contribution in [1.82, 2.24) is 4.57 Å². The van der Waals surface area contributed by atoms with Crippen LogP contribution in [0.3, 0.4) is 0 Å². The number of aromatic nitrogens is 1. The van der Waals surface area contributed by atoms with Gasteiger partial charge in [0.1, 0.15) is 0 Å². The van der Waals surface area contributed by atoms with E-state index in [4.69, 9.17) is 0 Å². The minimum atomic E-state index is 0.984. The van der Waals surface area contributed by atoms with Crippen molar-refractivity contribution in [2.75, 3.05) is 0 Å². The van der Waals surface area contributed by atoms with Crippen molar-refractivity contribution in [3.8, 4) is 11.3 Å². The Balaban J connectivity index is 1.80. The van der Waals surface area contributed by atoms with Gasteiger partial charge in [0, 0.05) is 29.4 Å². The van der Waals surface area contributed by atoms with Crippen LogP contribution in [0, 0.1) is 0 Å². The van der Waals surface area contributed by atoms with Gasteiger partial charge < -0.3 is 4.57 Å². The number of para-hydroxylation sites is 1. The first-order valence-electron chi connectivity index (χ1n) is 8.64. The second-order valence-electron chi connectivity index (χ2n) is 6.57. The third-order valence-corrected chi connectivity index (χ3v) is 5.18. The van der Waals surface area contributed by atoms with Gasteiger partial charge in [-0.25, -0.2) is 0 Å². The lowest BCUT2D eigenvalue weighted by Gasteiger charge is -2.21. The van der Waals surface area contributed by atoms with Crippen LogP contribution in [-0.2, 0) is 19.4 Å². The zero-order valence-electron chi connectivity index (χ0n) is 13.6. The molecule has 1 nitrogen and oxygen atoms in total. The highest BCUT2D eigenvalue weighted by Gasteiger charge is 2.23. The zero-order valence-corrected chi connectivity index (χ0v) is 13.6. The van der Waals surface area contributed by atoms with Gasteiger partial charge in [0.2, 0.25) is 0 Å². The van der Waals surface area contributed by atoms with E-state index in [1.54, 1.807) is 0 Å². The summed E-state index contributed by atoms with van der Waals surface area (Å²) in [6.45, 7) is 1.07. The summed E-state index contributed by atoms with van der Waals surface area (Å²) >= 11 is 0. The molecule has 0 N–H and O–H groups in total. The minimum absolute atomic E-state index is 0.984. The van der Waals surface area contributed by atoms with Crippen LogP contribution in [-0.4, -0.2) is 4.57 Å². The molecule has 0 saturated carbocycles. The summed E-state index contributed by atoms with van der Waals surface area (Å²) in [7, 11) is 0. The molecular weight excluding hydrogens is 290 g/mol. The van der Waals surface area contributed by atoms with E-state index in [1.165, 1.54) is 38.9 Å². The number of aryl methyl sites for hydroxylation is 2. The van der Waals surface area contributed by atoms with Crippen molar-refractivity contribution < 1.29 is 0 Å². The fourth-order valence-electron chi connectivity index (χ4n) is 4.10. The fraction of sp³-hybridized carbons (Fsp3) is 0.130. The molecule has 1 aliphatic rings. The summed E-state index contributed by atoms with van der Waals surface area (Å²) in [5, 5.41) is 1.40. The SMILES string of the molecule is c1ccc(Cc2c3n(c4ccccc24)CCc2ccccc2-3)cc1. The maximum absolute atomic E-state index is 2.52. The standard InChI is InChI=1S/C23H19N/c1-2-8-17(9-3-1)16-21-20-12-6-7-13-22(20)24-15-14-18-10-4-5-11-19(18)23(21)24/h1-13H,14-16H2. The lowest BCUT2D eigenvalue weighted by Crippen LogP contribution is -2.11. The molecule has 1 heteroatoms. The van der Waals surface area contributed by atoms with Gasteiger partial charge in [0.15, 0.2) is 0 Å². The number of rotatable bonds is 2. The highest BCUT2D eigenvalue weighted by Crippen LogP contribution is 2.39. The van der Waals surface area contributed by atoms with Crippen LogP contribution in [0.2, 0.25) is 0 Å². The number of nitrogens with zero attached hydrogens (tertiary/aromatic N) is 1. The van der Waals surface area contributed by atoms with Crippen LogP contribution in [0.5, 0.6) is 0 Å². The highest BCUT2D eigenvalue weighted by molar-refractivity contribution is 5.93. The molecule has 0 aliphatic carbocycles. The maximum atomic E-state index is 2.52. The molecule has 0 bridgehead atoms. The third kappa shape index (κ3) is 2.01. The number of hydrogen-bond donors (Lipinski definition) is 0. The minimum Gasteiger partial charge on any atom is -0.340 e. The predicted molar refractivity (Wildman–Crippen MR) is 100 cm³/mol. The van der Waals surface area contributed by atoms with Gasteiger partial charge in [-0.15, -0.1) is 0 Å². The number of fused-ring (bicyclic) bond motifs is 5. The monoisotopic (exact) mass is 309 g/mol. The van der Waals surface area contributed by atoms with Gasteiger partial charge >= 0.3 is 0 Å². The summed E-state index contributed by atoms with van der Waals surface area (Å²) < 4.78 is 2.52. The zero-order chi connectivity index (χ0) is 15.9. The molecule has 0 fully saturated rings. The molecule has 1 aromatic heterocycles. The first-order valence-corrected chi connectivity index (χ1v) is 8.64. The Labute approximate surface area is 142 Å². The third-order valence-electron chi connectivity index (χ3n) is 5.18. The lowest BCUT2D eigenvalue weighted by atomic mass is 9.93. The summed E-state index contributed by atoms with van der Waals surface area (Å²) in [6, 6.07) is 28.6. The van der Waals surface area contributed by atoms with E-state index in [-0.39, 0.29) is 0 Å². The Kier molecular flexibility index (Phi) is 3.05. The van der Waals surface area contributed by atoms with Crippen molar-refractivity contribution >= 4 is 10.9 Å². The maximum Gasteiger partial charge on any atom is 0.0530 e. The molecule has 0 saturated heterocycles. The first kappa shape index (κ1) is 13.6. The van der Waals surface area contributed by atoms with Crippen LogP contribution >= 0.6 is 0 Å². The van der Waals surface area contributed by atoms with Crippen LogP contribution in [0.25, 0.3) is 22.2 Å². The first-order chi connectivity index (χ1) is 11.9. The molecule has 2 heterocycles. The van der Waals surface area contributed by atoms with E-state index in [2.05, 4.69) is 83.4 Å². The molecule has 5 rings (SSSR count). The van der Waals surface area contributed by atoms with E-state index in [9.17, 15) is 0 Å². The fourth-order valence-corrected chi connectivity index (χ4v) is 4.10. The van der Waals surface area contributed by atoms with E-state index in [0.29, 0.717) is 0 Å². The summed E-state index contributed by atoms with van der Waals surface area (Å²) in [5.74, 6) is 0. The Hall–Kier alpha value is -2.80. The molecule has 4 aromatic rings. The van der Waals surface area contributed by atoms with Gasteiger partial charge in [-0.2, -0.15) is 0 Å². The quantitative estimate of drug-likeness (QED) is 0.463. The largest absolute Gasteiger partial charge is 0.340 e. The predicted octanol–water partition coefficient (Wildman–Crippen LogP) is 5.46. The van der Waals surface area contributed by atoms with Crippen molar-refractivity contribution in [3.05, 3.63) is 95.6 Å². The molecule has 0 radical (unpaired) electrons. The van der Waals surface area contributed by atoms with Gasteiger partial charge in [-0.05, 0) is 29.2 Å². The van der Waals surface area contributed by atoms with Gasteiger partial charge in [0.05, 0.1) is 5.69 Å². The van der Waals surface area contributed by atoms with Crippen LogP contribution < -0.4 is 0 Å². The Morgan fingerprint density at radius 1 is 0.750 bits per heavy atom. The Morgan fingerprint density at radius 3 is 2.42 bits per heavy atom. The van der Waals surface area contributed by atoms with Gasteiger partial charge in [-0.1, -0.05) is 72.8 Å². The molecule has 0 spiro atoms. The molecule has 1 aliphatic heterocycles. The lowest BCUT2D eigenvalue weighted by molar-refractivity contribution is 0.707. The van der Waals surface area contributed by atoms with E-state index in [1.807, 2.05) is 0 Å². The average Bonchev–Trinajstić information content (AvgIpc) is 2.97. The molecular formula is C23H19N. The Morgan fingerprint density at radius 2 is 1.50 bits per heavy atom. The van der Waals surface area contributed by atoms with Crippen molar-refractivity contribution in [1.29, 1.82) is 0 Å². The molecule has 0 amide bonds. The van der Waals surface area contributed by atoms with Crippen molar-refractivity contribution in [2.24, 2.45) is 0 Å². The topological polar surface area (TPSA) is 4.93 Å². The normalized spacial score (nSPS) is 12.8. The second kappa shape index (κ2) is 5.38. The van der Waals surface area contributed by atoms with E-state index >= 15 is 0 Å². The molecule has 0 atom stereocenters. The van der Waals surface area contributed by atoms with E-state index < -0.39 is 0 Å². The van der Waals surface area contributed by atoms with Crippen LogP contribution in [0.15, 0.2) is 78.9 Å². The highest BCUT2D eigenvalue weighted by atomic mass is 15.0. The van der Waals surface area contributed by atoms with Gasteiger partial charge in [0.25, 0.3) is 0 Å². The number of benzene rings is 3. The molecule has 3 aromatic carbocycles. The second-order valence-corrected chi connectivity index (χ2v) is 6.57. The smallest absolute Gasteiger partial charge is 0.0530 e. The van der Waals surface area contributed by atoms with Gasteiger partial charge in [-0.3, -0.25) is 0 Å². The molecule has 0 unspecified atom stereocenters. The molecule has 24 heavy (non-hydrogen) atoms. The van der Waals surface area contributed by atoms with Crippen molar-refractivity contribution in [2.45, 2.75) is 19.4 Å². The van der Waals surface area contributed by atoms with Crippen LogP contribution in [0.4, 0.5) is 0 Å². The van der Waals surface area contributed by atoms with Crippen LogP contribution in [0.1, 0.15) is 16.7 Å². The number of hydrogen-bond acceptors (Lipinski definition) is 0. The van der Waals surface area contributed by atoms with Crippen molar-refractivity contribution in [3.63, 3.8) is 0 Å². The van der Waals surface area contributed by atoms with E-state index in [0.717, 1.165) is 19.4 Å². The summed E-state index contributed by atoms with van der Waals surface area (Å²) in [5.41, 5.74) is 8.51. The Bertz CT molecular complexity index is 1020.